The lowest BCUT2D eigenvalue weighted by atomic mass is 10.00. The van der Waals surface area contributed by atoms with Crippen molar-refractivity contribution in [3.05, 3.63) is 113 Å². The number of nitrogens with one attached hydrogen (secondary N) is 2. The van der Waals surface area contributed by atoms with Crippen molar-refractivity contribution in [3.63, 3.8) is 0 Å². The molecule has 2 amide bonds. The van der Waals surface area contributed by atoms with Crippen molar-refractivity contribution in [2.24, 2.45) is 5.92 Å². The van der Waals surface area contributed by atoms with E-state index in [1.807, 2.05) is 67.6 Å². The molecule has 12 heteroatoms. The molecule has 4 rings (SSSR count). The van der Waals surface area contributed by atoms with Crippen LogP contribution >= 0.6 is 0 Å². The Hall–Kier alpha value is -4.55. The lowest BCUT2D eigenvalue weighted by Crippen LogP contribution is -2.46. The van der Waals surface area contributed by atoms with Gasteiger partial charge in [0.25, 0.3) is 11.8 Å². The van der Waals surface area contributed by atoms with Gasteiger partial charge in [-0.2, -0.15) is 0 Å². The highest BCUT2D eigenvalue weighted by atomic mass is 32.2. The number of rotatable bonds is 15. The maximum Gasteiger partial charge on any atom is 0.251 e. The zero-order valence-electron chi connectivity index (χ0n) is 27.5. The predicted molar refractivity (Wildman–Crippen MR) is 183 cm³/mol. The third kappa shape index (κ3) is 10.2. The molecule has 0 aliphatic heterocycles. The van der Waals surface area contributed by atoms with E-state index in [4.69, 9.17) is 0 Å². The summed E-state index contributed by atoms with van der Waals surface area (Å²) in [6, 6.07) is 22.0. The predicted octanol–water partition coefficient (Wildman–Crippen LogP) is 4.16. The fourth-order valence-corrected chi connectivity index (χ4v) is 5.54. The van der Waals surface area contributed by atoms with E-state index in [2.05, 4.69) is 34.8 Å². The van der Waals surface area contributed by atoms with Crippen LogP contribution in [0.15, 0.2) is 85.1 Å². The fraction of sp³-hybridized carbons (Fsp3) is 0.371. The van der Waals surface area contributed by atoms with E-state index in [1.54, 1.807) is 10.9 Å². The van der Waals surface area contributed by atoms with Gasteiger partial charge in [0.05, 0.1) is 42.4 Å². The Bertz CT molecular complexity index is 1740. The second-order valence-corrected chi connectivity index (χ2v) is 14.3. The largest absolute Gasteiger partial charge is 0.389 e. The summed E-state index contributed by atoms with van der Waals surface area (Å²) in [4.78, 5) is 27.3. The summed E-state index contributed by atoms with van der Waals surface area (Å²) in [5, 5.41) is 25.7. The summed E-state index contributed by atoms with van der Waals surface area (Å²) in [5.74, 6) is -0.527. The summed E-state index contributed by atoms with van der Waals surface area (Å²) >= 11 is 0. The molecule has 3 N–H and O–H groups in total. The number of sulfonamides is 1. The van der Waals surface area contributed by atoms with Crippen LogP contribution in [0.5, 0.6) is 0 Å². The minimum atomic E-state index is -3.71. The van der Waals surface area contributed by atoms with Crippen LogP contribution < -0.4 is 14.9 Å². The molecule has 0 saturated heterocycles. The zero-order chi connectivity index (χ0) is 34.1. The number of nitrogens with zero attached hydrogens (tertiary/aromatic N) is 4. The molecule has 3 aromatic carbocycles. The number of aliphatic hydroxyl groups is 1. The van der Waals surface area contributed by atoms with Gasteiger partial charge in [0.2, 0.25) is 10.0 Å². The smallest absolute Gasteiger partial charge is 0.251 e. The van der Waals surface area contributed by atoms with E-state index >= 15 is 0 Å². The Morgan fingerprint density at radius 2 is 1.51 bits per heavy atom. The van der Waals surface area contributed by atoms with Crippen LogP contribution in [0.2, 0.25) is 0 Å². The van der Waals surface area contributed by atoms with Crippen molar-refractivity contribution in [1.29, 1.82) is 0 Å². The van der Waals surface area contributed by atoms with Crippen LogP contribution in [-0.2, 0) is 29.4 Å². The minimum Gasteiger partial charge on any atom is -0.389 e. The van der Waals surface area contributed by atoms with Crippen molar-refractivity contribution in [3.8, 4) is 0 Å². The molecule has 0 fully saturated rings. The Kier molecular flexibility index (Phi) is 11.9. The standard InChI is InChI=1S/C35H44N6O5S/c1-24(2)16-17-30-22-41(39-38-30)23-33(42)32(18-26-12-8-6-9-13-26)37-35(44)29-19-28(20-31(21-29)40(4)47(5,45)46)34(43)36-25(3)27-14-10-7-11-15-27/h6-15,19-22,24-25,32-33,42H,16-18,23H2,1-5H3,(H,36,43)(H,37,44)/t25-,32+,33+/m1/s1. The van der Waals surface area contributed by atoms with Gasteiger partial charge in [-0.25, -0.2) is 13.1 Å². The first-order valence-electron chi connectivity index (χ1n) is 15.7. The van der Waals surface area contributed by atoms with Crippen LogP contribution in [0.4, 0.5) is 5.69 Å². The number of benzene rings is 3. The lowest BCUT2D eigenvalue weighted by molar-refractivity contribution is 0.0779. The zero-order valence-corrected chi connectivity index (χ0v) is 28.3. The molecule has 1 heterocycles. The Labute approximate surface area is 277 Å². The summed E-state index contributed by atoms with van der Waals surface area (Å²) in [7, 11) is -2.35. The number of amides is 2. The highest BCUT2D eigenvalue weighted by Crippen LogP contribution is 2.22. The molecule has 0 spiro atoms. The molecule has 0 radical (unpaired) electrons. The molecule has 0 aliphatic carbocycles. The maximum absolute atomic E-state index is 13.8. The Morgan fingerprint density at radius 3 is 2.11 bits per heavy atom. The number of anilines is 1. The van der Waals surface area contributed by atoms with Gasteiger partial charge in [0.1, 0.15) is 0 Å². The number of hydrogen-bond donors (Lipinski definition) is 3. The summed E-state index contributed by atoms with van der Waals surface area (Å²) in [5.41, 5.74) is 2.94. The van der Waals surface area contributed by atoms with Crippen molar-refractivity contribution in [2.45, 2.75) is 64.8 Å². The van der Waals surface area contributed by atoms with Gasteiger partial charge in [-0.1, -0.05) is 79.7 Å². The Balaban J connectivity index is 1.61. The molecule has 3 atom stereocenters. The molecule has 0 aliphatic rings. The van der Waals surface area contributed by atoms with Crippen LogP contribution in [0.1, 0.15) is 70.8 Å². The van der Waals surface area contributed by atoms with E-state index in [-0.39, 0.29) is 29.4 Å². The van der Waals surface area contributed by atoms with E-state index in [0.717, 1.165) is 40.2 Å². The number of aromatic nitrogens is 3. The average molecular weight is 661 g/mol. The number of carbonyl (C=O) groups is 2. The van der Waals surface area contributed by atoms with Gasteiger partial charge in [0.15, 0.2) is 0 Å². The van der Waals surface area contributed by atoms with Gasteiger partial charge in [-0.3, -0.25) is 13.9 Å². The van der Waals surface area contributed by atoms with Crippen molar-refractivity contribution < 1.29 is 23.1 Å². The van der Waals surface area contributed by atoms with Gasteiger partial charge in [-0.05, 0) is 61.4 Å². The normalized spacial score (nSPS) is 13.5. The maximum atomic E-state index is 13.8. The third-order valence-electron chi connectivity index (χ3n) is 7.97. The van der Waals surface area contributed by atoms with E-state index < -0.39 is 34.0 Å². The van der Waals surface area contributed by atoms with E-state index in [0.29, 0.717) is 12.3 Å². The number of aliphatic hydroxyl groups excluding tert-OH is 1. The second-order valence-electron chi connectivity index (χ2n) is 12.3. The lowest BCUT2D eigenvalue weighted by Gasteiger charge is -2.25. The molecule has 4 aromatic rings. The van der Waals surface area contributed by atoms with Gasteiger partial charge < -0.3 is 15.7 Å². The quantitative estimate of drug-likeness (QED) is 0.174. The first-order valence-corrected chi connectivity index (χ1v) is 17.5. The van der Waals surface area contributed by atoms with Crippen LogP contribution in [0.25, 0.3) is 0 Å². The molecule has 0 unspecified atom stereocenters. The molecule has 1 aromatic heterocycles. The van der Waals surface area contributed by atoms with Gasteiger partial charge in [0, 0.05) is 24.4 Å². The minimum absolute atomic E-state index is 0.0671. The first-order chi connectivity index (χ1) is 22.3. The van der Waals surface area contributed by atoms with E-state index in [1.165, 1.54) is 25.2 Å². The van der Waals surface area contributed by atoms with Crippen LogP contribution in [0.3, 0.4) is 0 Å². The third-order valence-corrected chi connectivity index (χ3v) is 9.17. The fourth-order valence-electron chi connectivity index (χ4n) is 5.05. The topological polar surface area (TPSA) is 147 Å². The molecule has 0 bridgehead atoms. The Morgan fingerprint density at radius 1 is 0.915 bits per heavy atom. The van der Waals surface area contributed by atoms with Crippen molar-refractivity contribution >= 4 is 27.5 Å². The monoisotopic (exact) mass is 660 g/mol. The van der Waals surface area contributed by atoms with Crippen molar-refractivity contribution in [1.82, 2.24) is 25.6 Å². The second kappa shape index (κ2) is 15.8. The molecule has 250 valence electrons. The van der Waals surface area contributed by atoms with Crippen LogP contribution in [0, 0.1) is 5.92 Å². The molecular formula is C35H44N6O5S. The molecular weight excluding hydrogens is 616 g/mol. The summed E-state index contributed by atoms with van der Waals surface area (Å²) < 4.78 is 27.5. The number of hydrogen-bond acceptors (Lipinski definition) is 7. The SMILES string of the molecule is CC(C)CCc1cn(C[C@H](O)[C@H](Cc2ccccc2)NC(=O)c2cc(C(=O)N[C@H](C)c3ccccc3)cc(N(C)S(C)(=O)=O)c2)nn1. The molecule has 0 saturated carbocycles. The van der Waals surface area contributed by atoms with Crippen LogP contribution in [-0.4, -0.2) is 65.8 Å². The summed E-state index contributed by atoms with van der Waals surface area (Å²) in [6.45, 7) is 6.21. The number of aryl methyl sites for hydroxylation is 1. The van der Waals surface area contributed by atoms with Gasteiger partial charge >= 0.3 is 0 Å². The van der Waals surface area contributed by atoms with Crippen molar-refractivity contribution in [2.75, 3.05) is 17.6 Å². The van der Waals surface area contributed by atoms with E-state index in [9.17, 15) is 23.1 Å². The molecule has 47 heavy (non-hydrogen) atoms. The van der Waals surface area contributed by atoms with Gasteiger partial charge in [-0.15, -0.1) is 5.10 Å². The summed E-state index contributed by atoms with van der Waals surface area (Å²) in [6.07, 6.45) is 3.85. The number of carbonyl (C=O) groups excluding carboxylic acids is 2. The highest BCUT2D eigenvalue weighted by molar-refractivity contribution is 7.92. The average Bonchev–Trinajstić information content (AvgIpc) is 3.50. The highest BCUT2D eigenvalue weighted by Gasteiger charge is 2.26. The first kappa shape index (κ1) is 35.3. The molecule has 11 nitrogen and oxygen atoms in total.